The Balaban J connectivity index is 2.07. The minimum atomic E-state index is -0.783. The van der Waals surface area contributed by atoms with Crippen LogP contribution < -0.4 is 19.5 Å². The molecule has 1 heterocycles. The highest BCUT2D eigenvalue weighted by Gasteiger charge is 2.38. The molecule has 1 atom stereocenters. The van der Waals surface area contributed by atoms with Crippen LogP contribution in [0, 0.1) is 0 Å². The summed E-state index contributed by atoms with van der Waals surface area (Å²) in [6.07, 6.45) is 0.871. The van der Waals surface area contributed by atoms with E-state index in [2.05, 4.69) is 12.2 Å². The van der Waals surface area contributed by atoms with E-state index >= 15 is 0 Å². The molecule has 0 radical (unpaired) electrons. The molecule has 8 nitrogen and oxygen atoms in total. The van der Waals surface area contributed by atoms with Crippen LogP contribution in [0.4, 0.5) is 4.79 Å². The Morgan fingerprint density at radius 2 is 1.85 bits per heavy atom. The summed E-state index contributed by atoms with van der Waals surface area (Å²) >= 11 is 0. The Morgan fingerprint density at radius 3 is 2.52 bits per heavy atom. The molecule has 8 heteroatoms. The second kappa shape index (κ2) is 10.8. The summed E-state index contributed by atoms with van der Waals surface area (Å²) in [5, 5.41) is 2.88. The first-order valence-electron chi connectivity index (χ1n) is 10.8. The van der Waals surface area contributed by atoms with Crippen molar-refractivity contribution in [3.05, 3.63) is 64.9 Å². The normalized spacial score (nSPS) is 15.7. The molecule has 0 saturated carbocycles. The summed E-state index contributed by atoms with van der Waals surface area (Å²) in [6.45, 7) is 4.00. The highest BCUT2D eigenvalue weighted by Crippen LogP contribution is 2.37. The number of ether oxygens (including phenoxy) is 4. The van der Waals surface area contributed by atoms with Gasteiger partial charge in [0.25, 0.3) is 0 Å². The van der Waals surface area contributed by atoms with Crippen LogP contribution >= 0.6 is 0 Å². The van der Waals surface area contributed by atoms with Crippen LogP contribution in [0.15, 0.2) is 53.7 Å². The number of hydrogen-bond acceptors (Lipinski definition) is 6. The number of urea groups is 1. The van der Waals surface area contributed by atoms with Gasteiger partial charge in [-0.1, -0.05) is 19.1 Å². The second-order valence-electron chi connectivity index (χ2n) is 7.42. The lowest BCUT2D eigenvalue weighted by Gasteiger charge is -2.35. The number of carbonyl (C=O) groups is 2. The van der Waals surface area contributed by atoms with E-state index in [0.29, 0.717) is 28.5 Å². The SMILES string of the molecule is CCOC(=O)C1=C(COc2cccc(CC)c2)N(C)C(=O)N[C@@H]1c1ccc(OC)cc1OC. The number of likely N-dealkylation sites (N-methyl/N-ethyl adjacent to an activating group) is 1. The van der Waals surface area contributed by atoms with Gasteiger partial charge in [-0.15, -0.1) is 0 Å². The van der Waals surface area contributed by atoms with Crippen LogP contribution in [0.25, 0.3) is 0 Å². The third kappa shape index (κ3) is 5.22. The van der Waals surface area contributed by atoms with Crippen molar-refractivity contribution in [2.45, 2.75) is 26.3 Å². The number of nitrogens with one attached hydrogen (secondary N) is 1. The molecule has 0 spiro atoms. The highest BCUT2D eigenvalue weighted by atomic mass is 16.5. The monoisotopic (exact) mass is 454 g/mol. The zero-order valence-corrected chi connectivity index (χ0v) is 19.6. The van der Waals surface area contributed by atoms with Crippen LogP contribution in [0.2, 0.25) is 0 Å². The van der Waals surface area contributed by atoms with Crippen LogP contribution in [-0.2, 0) is 16.0 Å². The molecule has 0 bridgehead atoms. The third-order valence-electron chi connectivity index (χ3n) is 5.51. The minimum absolute atomic E-state index is 0.0141. The van der Waals surface area contributed by atoms with Gasteiger partial charge in [0.05, 0.1) is 38.1 Å². The summed E-state index contributed by atoms with van der Waals surface area (Å²) in [7, 11) is 4.67. The zero-order valence-electron chi connectivity index (χ0n) is 19.6. The Labute approximate surface area is 194 Å². The maximum atomic E-state index is 13.1. The van der Waals surface area contributed by atoms with Crippen molar-refractivity contribution in [3.8, 4) is 17.2 Å². The van der Waals surface area contributed by atoms with Gasteiger partial charge in [-0.05, 0) is 43.2 Å². The number of nitrogens with zero attached hydrogens (tertiary/aromatic N) is 1. The van der Waals surface area contributed by atoms with E-state index in [9.17, 15) is 9.59 Å². The number of aryl methyl sites for hydroxylation is 1. The quantitative estimate of drug-likeness (QED) is 0.579. The molecule has 33 heavy (non-hydrogen) atoms. The molecule has 1 N–H and O–H groups in total. The van der Waals surface area contributed by atoms with Crippen molar-refractivity contribution in [2.24, 2.45) is 0 Å². The van der Waals surface area contributed by atoms with Gasteiger partial charge in [-0.2, -0.15) is 0 Å². The third-order valence-corrected chi connectivity index (χ3v) is 5.51. The van der Waals surface area contributed by atoms with Gasteiger partial charge in [-0.25, -0.2) is 9.59 Å². The molecular weight excluding hydrogens is 424 g/mol. The van der Waals surface area contributed by atoms with Gasteiger partial charge in [0.1, 0.15) is 23.9 Å². The lowest BCUT2D eigenvalue weighted by molar-refractivity contribution is -0.139. The van der Waals surface area contributed by atoms with Gasteiger partial charge in [-0.3, -0.25) is 4.90 Å². The number of esters is 1. The Hall–Kier alpha value is -3.68. The second-order valence-corrected chi connectivity index (χ2v) is 7.42. The van der Waals surface area contributed by atoms with Crippen molar-refractivity contribution >= 4 is 12.0 Å². The summed E-state index contributed by atoms with van der Waals surface area (Å²) in [5.74, 6) is 1.19. The first-order chi connectivity index (χ1) is 15.9. The molecule has 0 fully saturated rings. The highest BCUT2D eigenvalue weighted by molar-refractivity contribution is 5.95. The van der Waals surface area contributed by atoms with E-state index in [4.69, 9.17) is 18.9 Å². The van der Waals surface area contributed by atoms with Crippen molar-refractivity contribution < 1.29 is 28.5 Å². The Morgan fingerprint density at radius 1 is 1.06 bits per heavy atom. The van der Waals surface area contributed by atoms with Gasteiger partial charge in [0, 0.05) is 18.7 Å². The van der Waals surface area contributed by atoms with Crippen molar-refractivity contribution in [1.82, 2.24) is 10.2 Å². The van der Waals surface area contributed by atoms with Crippen LogP contribution in [0.3, 0.4) is 0 Å². The lowest BCUT2D eigenvalue weighted by Crippen LogP contribution is -2.48. The molecule has 2 aromatic rings. The van der Waals surface area contributed by atoms with E-state index in [1.165, 1.54) is 12.0 Å². The average Bonchev–Trinajstić information content (AvgIpc) is 2.84. The van der Waals surface area contributed by atoms with E-state index in [1.807, 2.05) is 24.3 Å². The molecule has 176 valence electrons. The number of amides is 2. The predicted octanol–water partition coefficient (Wildman–Crippen LogP) is 3.86. The molecular formula is C25H30N2O6. The molecule has 1 aliphatic heterocycles. The predicted molar refractivity (Wildman–Crippen MR) is 124 cm³/mol. The maximum absolute atomic E-state index is 13.1. The molecule has 2 aromatic carbocycles. The van der Waals surface area contributed by atoms with Crippen LogP contribution in [0.1, 0.15) is 31.0 Å². The van der Waals surface area contributed by atoms with E-state index in [-0.39, 0.29) is 24.8 Å². The van der Waals surface area contributed by atoms with Crippen LogP contribution in [0.5, 0.6) is 17.2 Å². The molecule has 0 saturated heterocycles. The van der Waals surface area contributed by atoms with Gasteiger partial charge in [0.2, 0.25) is 0 Å². The molecule has 0 aromatic heterocycles. The smallest absolute Gasteiger partial charge is 0.338 e. The fourth-order valence-electron chi connectivity index (χ4n) is 3.68. The number of carbonyl (C=O) groups excluding carboxylic acids is 2. The first kappa shape index (κ1) is 24.0. The summed E-state index contributed by atoms with van der Waals surface area (Å²) < 4.78 is 22.2. The average molecular weight is 455 g/mol. The number of rotatable bonds is 9. The lowest BCUT2D eigenvalue weighted by atomic mass is 9.94. The number of hydrogen-bond donors (Lipinski definition) is 1. The molecule has 0 aliphatic carbocycles. The van der Waals surface area contributed by atoms with Gasteiger partial charge < -0.3 is 24.3 Å². The standard InChI is InChI=1S/C25H30N2O6/c1-6-16-9-8-10-18(13-16)33-15-20-22(24(28)32-7-2)23(26-25(29)27(20)3)19-12-11-17(30-4)14-21(19)31-5/h8-14,23H,6-7,15H2,1-5H3,(H,26,29)/t23-/m1/s1. The van der Waals surface area contributed by atoms with Crippen molar-refractivity contribution in [2.75, 3.05) is 34.5 Å². The topological polar surface area (TPSA) is 86.3 Å². The maximum Gasteiger partial charge on any atom is 0.338 e. The summed E-state index contributed by atoms with van der Waals surface area (Å²) in [5.41, 5.74) is 2.44. The fraction of sp³-hybridized carbons (Fsp3) is 0.360. The molecule has 2 amide bonds. The summed E-state index contributed by atoms with van der Waals surface area (Å²) in [4.78, 5) is 27.3. The Bertz CT molecular complexity index is 1050. The van der Waals surface area contributed by atoms with E-state index in [0.717, 1.165) is 12.0 Å². The largest absolute Gasteiger partial charge is 0.497 e. The Kier molecular flexibility index (Phi) is 7.82. The van der Waals surface area contributed by atoms with Crippen molar-refractivity contribution in [1.29, 1.82) is 0 Å². The minimum Gasteiger partial charge on any atom is -0.497 e. The van der Waals surface area contributed by atoms with E-state index < -0.39 is 12.0 Å². The summed E-state index contributed by atoms with van der Waals surface area (Å²) in [6, 6.07) is 11.8. The fourth-order valence-corrected chi connectivity index (χ4v) is 3.68. The number of benzene rings is 2. The first-order valence-corrected chi connectivity index (χ1v) is 10.8. The van der Waals surface area contributed by atoms with Crippen molar-refractivity contribution in [3.63, 3.8) is 0 Å². The number of methoxy groups -OCH3 is 2. The molecule has 3 rings (SSSR count). The van der Waals surface area contributed by atoms with Crippen LogP contribution in [-0.4, -0.2) is 51.4 Å². The molecule has 0 unspecified atom stereocenters. The van der Waals surface area contributed by atoms with Gasteiger partial charge >= 0.3 is 12.0 Å². The zero-order chi connectivity index (χ0) is 24.0. The van der Waals surface area contributed by atoms with E-state index in [1.54, 1.807) is 39.3 Å². The van der Waals surface area contributed by atoms with Gasteiger partial charge in [0.15, 0.2) is 0 Å². The molecule has 1 aliphatic rings.